The van der Waals surface area contributed by atoms with Crippen molar-refractivity contribution in [1.82, 2.24) is 0 Å². The predicted octanol–water partition coefficient (Wildman–Crippen LogP) is 2.85. The van der Waals surface area contributed by atoms with Crippen LogP contribution in [0, 0.1) is 0 Å². The van der Waals surface area contributed by atoms with Gasteiger partial charge in [-0.15, -0.1) is 0 Å². The number of nitrogens with one attached hydrogen (secondary N) is 1. The van der Waals surface area contributed by atoms with Gasteiger partial charge in [0.25, 0.3) is 5.91 Å². The SMILES string of the molecule is CC.CCc1ccc2c(c1)NC(=O)CO2.[HH]. The molecule has 15 heavy (non-hydrogen) atoms. The summed E-state index contributed by atoms with van der Waals surface area (Å²) in [4.78, 5) is 11.0. The Kier molecular flexibility index (Phi) is 4.16. The fraction of sp³-hybridized carbons (Fsp3) is 0.417. The first kappa shape index (κ1) is 11.6. The summed E-state index contributed by atoms with van der Waals surface area (Å²) >= 11 is 0. The number of hydrogen-bond donors (Lipinski definition) is 1. The maximum atomic E-state index is 11.0. The van der Waals surface area contributed by atoms with Crippen LogP contribution in [0.4, 0.5) is 5.69 Å². The van der Waals surface area contributed by atoms with Gasteiger partial charge in [0.1, 0.15) is 5.75 Å². The summed E-state index contributed by atoms with van der Waals surface area (Å²) in [5.74, 6) is 0.678. The average Bonchev–Trinajstić information content (AvgIpc) is 2.30. The van der Waals surface area contributed by atoms with Crippen LogP contribution >= 0.6 is 0 Å². The summed E-state index contributed by atoms with van der Waals surface area (Å²) in [6.07, 6.45) is 0.961. The summed E-state index contributed by atoms with van der Waals surface area (Å²) < 4.78 is 5.22. The van der Waals surface area contributed by atoms with E-state index in [4.69, 9.17) is 4.74 Å². The van der Waals surface area contributed by atoms with Crippen LogP contribution in [0.25, 0.3) is 0 Å². The van der Waals surface area contributed by atoms with E-state index in [1.165, 1.54) is 5.56 Å². The summed E-state index contributed by atoms with van der Waals surface area (Å²) in [7, 11) is 0. The lowest BCUT2D eigenvalue weighted by atomic mass is 10.1. The van der Waals surface area contributed by atoms with Gasteiger partial charge in [-0.05, 0) is 24.1 Å². The Morgan fingerprint density at radius 3 is 2.87 bits per heavy atom. The zero-order chi connectivity index (χ0) is 11.3. The Morgan fingerprint density at radius 1 is 1.47 bits per heavy atom. The molecule has 0 spiro atoms. The van der Waals surface area contributed by atoms with Crippen LogP contribution in [0.15, 0.2) is 18.2 Å². The molecule has 0 saturated heterocycles. The van der Waals surface area contributed by atoms with Crippen LogP contribution < -0.4 is 10.1 Å². The third-order valence-electron chi connectivity index (χ3n) is 2.09. The van der Waals surface area contributed by atoms with Crippen LogP contribution in [-0.4, -0.2) is 12.5 Å². The minimum Gasteiger partial charge on any atom is -0.482 e. The Labute approximate surface area is 91.9 Å². The maximum Gasteiger partial charge on any atom is 0.262 e. The molecule has 1 aromatic carbocycles. The number of carbonyl (C=O) groups excluding carboxylic acids is 1. The molecule has 0 radical (unpaired) electrons. The number of aryl methyl sites for hydroxylation is 1. The molecule has 1 aliphatic rings. The number of fused-ring (bicyclic) bond motifs is 1. The van der Waals surface area contributed by atoms with Crippen molar-refractivity contribution in [1.29, 1.82) is 0 Å². The van der Waals surface area contributed by atoms with E-state index in [2.05, 4.69) is 12.2 Å². The van der Waals surface area contributed by atoms with Gasteiger partial charge in [0.15, 0.2) is 6.61 Å². The van der Waals surface area contributed by atoms with Gasteiger partial charge in [0.05, 0.1) is 5.69 Å². The quantitative estimate of drug-likeness (QED) is 0.772. The number of hydrogen-bond acceptors (Lipinski definition) is 2. The molecule has 3 heteroatoms. The van der Waals surface area contributed by atoms with Gasteiger partial charge >= 0.3 is 0 Å². The van der Waals surface area contributed by atoms with Crippen molar-refractivity contribution in [3.05, 3.63) is 23.8 Å². The van der Waals surface area contributed by atoms with Crippen LogP contribution in [0.5, 0.6) is 5.75 Å². The van der Waals surface area contributed by atoms with E-state index in [0.29, 0.717) is 0 Å². The van der Waals surface area contributed by atoms with Crippen LogP contribution in [0.3, 0.4) is 0 Å². The Morgan fingerprint density at radius 2 is 2.20 bits per heavy atom. The van der Waals surface area contributed by atoms with Gasteiger partial charge in [-0.2, -0.15) is 0 Å². The van der Waals surface area contributed by atoms with Gasteiger partial charge in [0, 0.05) is 1.43 Å². The summed E-state index contributed by atoms with van der Waals surface area (Å²) in [6, 6.07) is 5.86. The molecular weight excluding hydrogens is 190 g/mol. The van der Waals surface area contributed by atoms with Crippen molar-refractivity contribution in [2.75, 3.05) is 11.9 Å². The fourth-order valence-corrected chi connectivity index (χ4v) is 1.35. The molecule has 1 N–H and O–H groups in total. The highest BCUT2D eigenvalue weighted by Crippen LogP contribution is 2.28. The molecule has 0 aromatic heterocycles. The lowest BCUT2D eigenvalue weighted by Gasteiger charge is -2.18. The summed E-state index contributed by atoms with van der Waals surface area (Å²) in [5, 5.41) is 2.77. The van der Waals surface area contributed by atoms with E-state index in [1.807, 2.05) is 32.0 Å². The van der Waals surface area contributed by atoms with Crippen molar-refractivity contribution >= 4 is 11.6 Å². The molecule has 1 amide bonds. The van der Waals surface area contributed by atoms with E-state index in [-0.39, 0.29) is 13.9 Å². The molecule has 3 nitrogen and oxygen atoms in total. The summed E-state index contributed by atoms with van der Waals surface area (Å²) in [5.41, 5.74) is 1.99. The van der Waals surface area contributed by atoms with Gasteiger partial charge < -0.3 is 10.1 Å². The highest BCUT2D eigenvalue weighted by molar-refractivity contribution is 5.95. The lowest BCUT2D eigenvalue weighted by Crippen LogP contribution is -2.25. The van der Waals surface area contributed by atoms with E-state index >= 15 is 0 Å². The first-order valence-electron chi connectivity index (χ1n) is 5.35. The number of rotatable bonds is 1. The minimum atomic E-state index is -0.0826. The molecule has 0 fully saturated rings. The van der Waals surface area contributed by atoms with Crippen LogP contribution in [0.2, 0.25) is 0 Å². The third-order valence-corrected chi connectivity index (χ3v) is 2.09. The van der Waals surface area contributed by atoms with E-state index in [0.717, 1.165) is 17.9 Å². The molecule has 0 unspecified atom stereocenters. The summed E-state index contributed by atoms with van der Waals surface area (Å²) in [6.45, 7) is 6.20. The zero-order valence-corrected chi connectivity index (χ0v) is 9.46. The molecule has 0 atom stereocenters. The van der Waals surface area contributed by atoms with E-state index in [1.54, 1.807) is 0 Å². The largest absolute Gasteiger partial charge is 0.482 e. The van der Waals surface area contributed by atoms with Crippen molar-refractivity contribution in [2.24, 2.45) is 0 Å². The Hall–Kier alpha value is -1.51. The van der Waals surface area contributed by atoms with Crippen molar-refractivity contribution in [3.63, 3.8) is 0 Å². The van der Waals surface area contributed by atoms with Gasteiger partial charge in [0.2, 0.25) is 0 Å². The zero-order valence-electron chi connectivity index (χ0n) is 9.46. The van der Waals surface area contributed by atoms with Crippen molar-refractivity contribution < 1.29 is 11.0 Å². The van der Waals surface area contributed by atoms with Crippen LogP contribution in [0.1, 0.15) is 27.8 Å². The van der Waals surface area contributed by atoms with Gasteiger partial charge in [-0.1, -0.05) is 26.8 Å². The number of anilines is 1. The minimum absolute atomic E-state index is 0. The smallest absolute Gasteiger partial charge is 0.262 e. The molecule has 1 aromatic rings. The first-order chi connectivity index (χ1) is 7.29. The van der Waals surface area contributed by atoms with Gasteiger partial charge in [-0.3, -0.25) is 4.79 Å². The third kappa shape index (κ3) is 2.72. The van der Waals surface area contributed by atoms with E-state index in [9.17, 15) is 4.79 Å². The topological polar surface area (TPSA) is 38.3 Å². The second-order valence-corrected chi connectivity index (χ2v) is 3.02. The fourth-order valence-electron chi connectivity index (χ4n) is 1.35. The molecule has 84 valence electrons. The standard InChI is InChI=1S/C10H11NO2.C2H6.H2/c1-2-7-3-4-9-8(5-7)11-10(12)6-13-9;1-2;/h3-5H,2,6H2,1H3,(H,11,12);1-2H3;1H. The normalized spacial score (nSPS) is 12.9. The second-order valence-electron chi connectivity index (χ2n) is 3.02. The van der Waals surface area contributed by atoms with Gasteiger partial charge in [-0.25, -0.2) is 0 Å². The van der Waals surface area contributed by atoms with E-state index < -0.39 is 0 Å². The maximum absolute atomic E-state index is 11.0. The molecule has 0 saturated carbocycles. The van der Waals surface area contributed by atoms with Crippen LogP contribution in [-0.2, 0) is 11.2 Å². The molecule has 1 heterocycles. The highest BCUT2D eigenvalue weighted by Gasteiger charge is 2.15. The molecular formula is C12H19NO2. The molecule has 0 bridgehead atoms. The Bertz CT molecular complexity index is 353. The number of carbonyl (C=O) groups is 1. The number of benzene rings is 1. The number of amides is 1. The first-order valence-corrected chi connectivity index (χ1v) is 5.35. The molecule has 1 aliphatic heterocycles. The number of ether oxygens (including phenoxy) is 1. The second kappa shape index (κ2) is 5.39. The predicted molar refractivity (Wildman–Crippen MR) is 63.4 cm³/mol. The average molecular weight is 209 g/mol. The molecule has 0 aliphatic carbocycles. The Balaban J connectivity index is 0.000000711. The highest BCUT2D eigenvalue weighted by atomic mass is 16.5. The lowest BCUT2D eigenvalue weighted by molar-refractivity contribution is -0.118. The van der Waals surface area contributed by atoms with Crippen molar-refractivity contribution in [3.8, 4) is 5.75 Å². The van der Waals surface area contributed by atoms with Crippen molar-refractivity contribution in [2.45, 2.75) is 27.2 Å². The monoisotopic (exact) mass is 209 g/mol. The molecule has 2 rings (SSSR count).